The van der Waals surface area contributed by atoms with Gasteiger partial charge in [-0.25, -0.2) is 0 Å². The second kappa shape index (κ2) is 6.20. The Bertz CT molecular complexity index is 814. The highest BCUT2D eigenvalue weighted by molar-refractivity contribution is 5.83. The van der Waals surface area contributed by atoms with Gasteiger partial charge in [0, 0.05) is 18.9 Å². The quantitative estimate of drug-likeness (QED) is 0.856. The summed E-state index contributed by atoms with van der Waals surface area (Å²) in [5, 5.41) is 18.2. The van der Waals surface area contributed by atoms with E-state index in [-0.39, 0.29) is 11.3 Å². The van der Waals surface area contributed by atoms with Gasteiger partial charge in [-0.05, 0) is 67.6 Å². The van der Waals surface area contributed by atoms with Gasteiger partial charge < -0.3 is 10.4 Å². The van der Waals surface area contributed by atoms with E-state index in [1.807, 2.05) is 16.9 Å². The normalized spacial score (nSPS) is 34.0. The number of carbonyl (C=O) groups excluding carboxylic acids is 1. The summed E-state index contributed by atoms with van der Waals surface area (Å²) in [5.74, 6) is 1.21. The molecule has 2 atom stereocenters. The molecular weight excluding hydrogens is 338 g/mol. The van der Waals surface area contributed by atoms with E-state index in [4.69, 9.17) is 0 Å². The van der Waals surface area contributed by atoms with E-state index in [9.17, 15) is 9.90 Å². The minimum Gasteiger partial charge on any atom is -0.390 e. The third-order valence-corrected chi connectivity index (χ3v) is 6.89. The fourth-order valence-corrected chi connectivity index (χ4v) is 6.19. The largest absolute Gasteiger partial charge is 0.390 e. The molecule has 0 saturated heterocycles. The predicted octanol–water partition coefficient (Wildman–Crippen LogP) is 2.88. The molecule has 4 bridgehead atoms. The maximum absolute atomic E-state index is 13.1. The smallest absolute Gasteiger partial charge is 0.226 e. The Morgan fingerprint density at radius 1 is 1.15 bits per heavy atom. The van der Waals surface area contributed by atoms with Crippen LogP contribution in [0, 0.1) is 17.3 Å². The molecule has 0 radical (unpaired) electrons. The van der Waals surface area contributed by atoms with Crippen molar-refractivity contribution in [3.8, 4) is 0 Å². The lowest BCUT2D eigenvalue weighted by Gasteiger charge is -2.59. The van der Waals surface area contributed by atoms with Crippen molar-refractivity contribution in [2.75, 3.05) is 0 Å². The molecule has 1 aromatic heterocycles. The van der Waals surface area contributed by atoms with E-state index in [0.29, 0.717) is 24.8 Å². The zero-order valence-electron chi connectivity index (χ0n) is 15.6. The van der Waals surface area contributed by atoms with Crippen LogP contribution in [0.2, 0.25) is 0 Å². The van der Waals surface area contributed by atoms with Gasteiger partial charge >= 0.3 is 0 Å². The van der Waals surface area contributed by atoms with Crippen molar-refractivity contribution in [1.82, 2.24) is 15.1 Å². The van der Waals surface area contributed by atoms with Gasteiger partial charge in [0.25, 0.3) is 0 Å². The van der Waals surface area contributed by atoms with Crippen LogP contribution >= 0.6 is 0 Å². The highest BCUT2D eigenvalue weighted by atomic mass is 16.3. The van der Waals surface area contributed by atoms with Crippen molar-refractivity contribution < 1.29 is 9.90 Å². The lowest BCUT2D eigenvalue weighted by atomic mass is 9.47. The topological polar surface area (TPSA) is 67.2 Å². The van der Waals surface area contributed by atoms with Crippen molar-refractivity contribution >= 4 is 5.91 Å². The Morgan fingerprint density at radius 2 is 1.85 bits per heavy atom. The van der Waals surface area contributed by atoms with Crippen molar-refractivity contribution in [3.05, 3.63) is 53.9 Å². The van der Waals surface area contributed by atoms with Crippen molar-refractivity contribution in [1.29, 1.82) is 0 Å². The first-order valence-corrected chi connectivity index (χ1v) is 10.1. The monoisotopic (exact) mass is 365 g/mol. The molecule has 2 unspecified atom stereocenters. The van der Waals surface area contributed by atoms with Gasteiger partial charge in [0.15, 0.2) is 0 Å². The molecule has 4 aliphatic carbocycles. The van der Waals surface area contributed by atoms with E-state index in [1.54, 1.807) is 6.20 Å². The summed E-state index contributed by atoms with van der Waals surface area (Å²) in [6.45, 7) is 1.31. The summed E-state index contributed by atoms with van der Waals surface area (Å²) in [4.78, 5) is 13.1. The summed E-state index contributed by atoms with van der Waals surface area (Å²) < 4.78 is 1.90. The highest BCUT2D eigenvalue weighted by Gasteiger charge is 2.60. The van der Waals surface area contributed by atoms with Crippen LogP contribution in [0.15, 0.2) is 42.7 Å². The van der Waals surface area contributed by atoms with E-state index in [2.05, 4.69) is 34.7 Å². The first-order valence-electron chi connectivity index (χ1n) is 10.1. The van der Waals surface area contributed by atoms with Gasteiger partial charge in [-0.2, -0.15) is 5.10 Å². The van der Waals surface area contributed by atoms with E-state index < -0.39 is 5.60 Å². The number of amides is 1. The summed E-state index contributed by atoms with van der Waals surface area (Å²) in [5.41, 5.74) is 1.38. The van der Waals surface area contributed by atoms with Gasteiger partial charge in [-0.1, -0.05) is 24.3 Å². The van der Waals surface area contributed by atoms with Crippen LogP contribution in [0.3, 0.4) is 0 Å². The Hall–Kier alpha value is -2.14. The molecule has 1 amide bonds. The van der Waals surface area contributed by atoms with Gasteiger partial charge in [-0.15, -0.1) is 0 Å². The van der Waals surface area contributed by atoms with Crippen LogP contribution in [-0.4, -0.2) is 26.4 Å². The third kappa shape index (κ3) is 3.18. The number of carbonyl (C=O) groups is 1. The zero-order valence-corrected chi connectivity index (χ0v) is 15.6. The molecule has 2 aromatic rings. The molecule has 2 N–H and O–H groups in total. The molecule has 1 heterocycles. The zero-order chi connectivity index (χ0) is 18.5. The van der Waals surface area contributed by atoms with Gasteiger partial charge in [0.2, 0.25) is 5.91 Å². The van der Waals surface area contributed by atoms with Crippen LogP contribution in [0.4, 0.5) is 0 Å². The van der Waals surface area contributed by atoms with E-state index in [0.717, 1.165) is 37.8 Å². The van der Waals surface area contributed by atoms with Gasteiger partial charge in [-0.3, -0.25) is 9.48 Å². The van der Waals surface area contributed by atoms with Crippen LogP contribution in [0.5, 0.6) is 0 Å². The Kier molecular flexibility index (Phi) is 3.90. The summed E-state index contributed by atoms with van der Waals surface area (Å²) in [6.07, 6.45) is 9.31. The standard InChI is InChI=1S/C22H27N3O2/c26-20(21-9-18-8-19(10-21)12-22(27,11-18)15-21)23-13-16-2-4-17(5-3-16)14-25-7-1-6-24-25/h1-7,18-19,27H,8-15H2,(H,23,26). The van der Waals surface area contributed by atoms with Gasteiger partial charge in [0.1, 0.15) is 0 Å². The first kappa shape index (κ1) is 17.0. The first-order chi connectivity index (χ1) is 13.0. The molecular formula is C22H27N3O2. The third-order valence-electron chi connectivity index (χ3n) is 6.89. The van der Waals surface area contributed by atoms with Crippen molar-refractivity contribution in [2.45, 2.75) is 57.2 Å². The molecule has 4 aliphatic rings. The number of benzene rings is 1. The van der Waals surface area contributed by atoms with E-state index >= 15 is 0 Å². The van der Waals surface area contributed by atoms with Gasteiger partial charge in [0.05, 0.1) is 17.6 Å². The summed E-state index contributed by atoms with van der Waals surface area (Å²) >= 11 is 0. The second-order valence-electron chi connectivity index (χ2n) is 9.17. The molecule has 6 rings (SSSR count). The minimum atomic E-state index is -0.588. The molecule has 142 valence electrons. The van der Waals surface area contributed by atoms with Crippen LogP contribution in [0.25, 0.3) is 0 Å². The Balaban J connectivity index is 1.22. The number of aromatic nitrogens is 2. The summed E-state index contributed by atoms with van der Waals surface area (Å²) in [6, 6.07) is 10.3. The average molecular weight is 365 g/mol. The van der Waals surface area contributed by atoms with Crippen LogP contribution in [-0.2, 0) is 17.9 Å². The SMILES string of the molecule is O=C(NCc1ccc(Cn2cccn2)cc1)C12CC3CC(CC(O)(C3)C1)C2. The Morgan fingerprint density at radius 3 is 2.48 bits per heavy atom. The second-order valence-corrected chi connectivity index (χ2v) is 9.17. The molecule has 0 spiro atoms. The highest BCUT2D eigenvalue weighted by Crippen LogP contribution is 2.61. The lowest BCUT2D eigenvalue weighted by Crippen LogP contribution is -2.60. The fraction of sp³-hybridized carbons (Fsp3) is 0.545. The number of hydrogen-bond donors (Lipinski definition) is 2. The number of hydrogen-bond acceptors (Lipinski definition) is 3. The lowest BCUT2D eigenvalue weighted by molar-refractivity contribution is -0.178. The molecule has 27 heavy (non-hydrogen) atoms. The molecule has 5 heteroatoms. The van der Waals surface area contributed by atoms with Crippen LogP contribution in [0.1, 0.15) is 49.7 Å². The number of aliphatic hydroxyl groups is 1. The molecule has 4 saturated carbocycles. The number of rotatable bonds is 5. The Labute approximate surface area is 159 Å². The van der Waals surface area contributed by atoms with Crippen molar-refractivity contribution in [2.24, 2.45) is 17.3 Å². The number of nitrogens with one attached hydrogen (secondary N) is 1. The average Bonchev–Trinajstić information content (AvgIpc) is 3.12. The molecule has 1 aromatic carbocycles. The fourth-order valence-electron chi connectivity index (χ4n) is 6.19. The molecule has 5 nitrogen and oxygen atoms in total. The summed E-state index contributed by atoms with van der Waals surface area (Å²) in [7, 11) is 0. The maximum Gasteiger partial charge on any atom is 0.226 e. The van der Waals surface area contributed by atoms with Crippen molar-refractivity contribution in [3.63, 3.8) is 0 Å². The number of nitrogens with zero attached hydrogens (tertiary/aromatic N) is 2. The van der Waals surface area contributed by atoms with Crippen LogP contribution < -0.4 is 5.32 Å². The molecule has 0 aliphatic heterocycles. The molecule has 4 fully saturated rings. The maximum atomic E-state index is 13.1. The van der Waals surface area contributed by atoms with E-state index in [1.165, 1.54) is 12.0 Å². The predicted molar refractivity (Wildman–Crippen MR) is 102 cm³/mol. The minimum absolute atomic E-state index is 0.149.